The van der Waals surface area contributed by atoms with Crippen LogP contribution in [-0.4, -0.2) is 18.1 Å². The minimum atomic E-state index is -1.66. The molecule has 0 saturated carbocycles. The number of hydrogen-bond acceptors (Lipinski definition) is 7. The lowest BCUT2D eigenvalue weighted by atomic mass is 10.2. The van der Waals surface area contributed by atoms with Gasteiger partial charge in [0.05, 0.1) is 7.11 Å². The highest BCUT2D eigenvalue weighted by molar-refractivity contribution is 6.31. The number of benzene rings is 1. The summed E-state index contributed by atoms with van der Waals surface area (Å²) in [7, 11) is 1.07. The number of esters is 1. The second kappa shape index (κ2) is 5.15. The predicted molar refractivity (Wildman–Crippen MR) is 65.8 cm³/mol. The third-order valence-corrected chi connectivity index (χ3v) is 2.60. The van der Waals surface area contributed by atoms with Gasteiger partial charge in [0.2, 0.25) is 6.04 Å². The zero-order chi connectivity index (χ0) is 14.0. The third kappa shape index (κ3) is 2.45. The van der Waals surface area contributed by atoms with Crippen LogP contribution in [0.25, 0.3) is 11.1 Å². The van der Waals surface area contributed by atoms with Gasteiger partial charge < -0.3 is 9.15 Å². The number of nitrogens with zero attached hydrogens (tertiary/aromatic N) is 2. The number of fused-ring (bicyclic) bond motifs is 1. The van der Waals surface area contributed by atoms with E-state index < -0.39 is 23.3 Å². The van der Waals surface area contributed by atoms with E-state index in [1.165, 1.54) is 18.2 Å². The van der Waals surface area contributed by atoms with Crippen LogP contribution in [0.3, 0.4) is 0 Å². The fourth-order valence-corrected chi connectivity index (χ4v) is 1.65. The Labute approximate surface area is 111 Å². The number of ether oxygens (including phenoxy) is 1. The van der Waals surface area contributed by atoms with Crippen LogP contribution in [-0.2, 0) is 9.53 Å². The van der Waals surface area contributed by atoms with Gasteiger partial charge in [-0.05, 0) is 23.4 Å². The Morgan fingerprint density at radius 3 is 2.89 bits per heavy atom. The second-order valence-electron chi connectivity index (χ2n) is 3.53. The summed E-state index contributed by atoms with van der Waals surface area (Å²) in [4.78, 5) is 37.6. The molecule has 2 rings (SSSR count). The highest BCUT2D eigenvalue weighted by Gasteiger charge is 2.28. The summed E-state index contributed by atoms with van der Waals surface area (Å²) in [6, 6.07) is 2.74. The average molecular weight is 283 g/mol. The predicted octanol–water partition coefficient (Wildman–Crippen LogP) is 1.82. The van der Waals surface area contributed by atoms with Gasteiger partial charge in [-0.25, -0.2) is 14.6 Å². The molecular formula is C11H7ClN2O5. The number of methoxy groups -OCH3 is 1. The zero-order valence-corrected chi connectivity index (χ0v) is 10.4. The average Bonchev–Trinajstić information content (AvgIpc) is 2.40. The van der Waals surface area contributed by atoms with Gasteiger partial charge in [-0.2, -0.15) is 0 Å². The van der Waals surface area contributed by atoms with E-state index in [1.807, 2.05) is 0 Å². The summed E-state index contributed by atoms with van der Waals surface area (Å²) >= 11 is 5.78. The number of halogens is 1. The van der Waals surface area contributed by atoms with Gasteiger partial charge in [-0.15, -0.1) is 4.91 Å². The number of carbonyl (C=O) groups excluding carboxylic acids is 1. The lowest BCUT2D eigenvalue weighted by molar-refractivity contribution is -0.142. The van der Waals surface area contributed by atoms with Crippen molar-refractivity contribution in [2.24, 2.45) is 5.18 Å². The molecule has 1 atom stereocenters. The van der Waals surface area contributed by atoms with Crippen LogP contribution in [0.15, 0.2) is 32.6 Å². The summed E-state index contributed by atoms with van der Waals surface area (Å²) in [5.41, 5.74) is -0.936. The molecule has 1 aromatic heterocycles. The van der Waals surface area contributed by atoms with E-state index in [-0.39, 0.29) is 11.1 Å². The van der Waals surface area contributed by atoms with E-state index in [4.69, 9.17) is 16.0 Å². The second-order valence-corrected chi connectivity index (χ2v) is 3.97. The van der Waals surface area contributed by atoms with Crippen molar-refractivity contribution >= 4 is 28.7 Å². The van der Waals surface area contributed by atoms with Crippen LogP contribution in [0.2, 0.25) is 5.02 Å². The highest BCUT2D eigenvalue weighted by atomic mass is 35.5. The van der Waals surface area contributed by atoms with E-state index in [9.17, 15) is 14.5 Å². The minimum Gasteiger partial charge on any atom is -0.467 e. The van der Waals surface area contributed by atoms with E-state index in [0.29, 0.717) is 5.02 Å². The molecule has 8 heteroatoms. The molecule has 0 aliphatic heterocycles. The van der Waals surface area contributed by atoms with Crippen molar-refractivity contribution in [3.63, 3.8) is 0 Å². The summed E-state index contributed by atoms with van der Waals surface area (Å²) < 4.78 is 9.31. The normalized spacial score (nSPS) is 12.1. The maximum atomic E-state index is 11.7. The molecule has 1 aromatic carbocycles. The zero-order valence-electron chi connectivity index (χ0n) is 9.62. The maximum Gasteiger partial charge on any atom is 0.361 e. The largest absolute Gasteiger partial charge is 0.467 e. The third-order valence-electron chi connectivity index (χ3n) is 2.36. The molecule has 2 aromatic rings. The fourth-order valence-electron chi connectivity index (χ4n) is 1.48. The molecule has 7 nitrogen and oxygen atoms in total. The van der Waals surface area contributed by atoms with Crippen molar-refractivity contribution in [1.29, 1.82) is 0 Å². The van der Waals surface area contributed by atoms with Crippen LogP contribution < -0.4 is 5.63 Å². The van der Waals surface area contributed by atoms with Crippen molar-refractivity contribution < 1.29 is 13.9 Å². The first-order valence-corrected chi connectivity index (χ1v) is 5.45. The van der Waals surface area contributed by atoms with Crippen molar-refractivity contribution in [3.8, 4) is 0 Å². The van der Waals surface area contributed by atoms with Crippen molar-refractivity contribution in [1.82, 2.24) is 4.98 Å². The molecule has 0 fully saturated rings. The molecule has 19 heavy (non-hydrogen) atoms. The van der Waals surface area contributed by atoms with Crippen LogP contribution in [0.4, 0.5) is 0 Å². The van der Waals surface area contributed by atoms with Gasteiger partial charge in [-0.1, -0.05) is 11.6 Å². The lowest BCUT2D eigenvalue weighted by Gasteiger charge is -2.05. The first-order valence-electron chi connectivity index (χ1n) is 5.07. The smallest absolute Gasteiger partial charge is 0.361 e. The molecule has 0 N–H and O–H groups in total. The lowest BCUT2D eigenvalue weighted by Crippen LogP contribution is -2.21. The van der Waals surface area contributed by atoms with Gasteiger partial charge in [0.1, 0.15) is 5.52 Å². The highest BCUT2D eigenvalue weighted by Crippen LogP contribution is 2.20. The standard InChI is InChI=1S/C11H7ClN2O5/c1-18-10(15)9(14-17)8-11(16)19-7-3-2-5(12)4-6(7)13-8/h2-4,9H,1H3. The van der Waals surface area contributed by atoms with Crippen molar-refractivity contribution in [2.75, 3.05) is 7.11 Å². The van der Waals surface area contributed by atoms with E-state index in [2.05, 4.69) is 14.9 Å². The number of hydrogen-bond donors (Lipinski definition) is 0. The molecule has 0 bridgehead atoms. The number of rotatable bonds is 3. The van der Waals surface area contributed by atoms with Gasteiger partial charge in [-0.3, -0.25) is 0 Å². The van der Waals surface area contributed by atoms with E-state index in [0.717, 1.165) is 7.11 Å². The molecule has 0 radical (unpaired) electrons. The summed E-state index contributed by atoms with van der Waals surface area (Å²) in [5, 5.41) is 2.91. The summed E-state index contributed by atoms with van der Waals surface area (Å²) in [5.74, 6) is -0.990. The molecular weight excluding hydrogens is 276 g/mol. The SMILES string of the molecule is COC(=O)C(N=O)c1nc2cc(Cl)ccc2oc1=O. The molecule has 1 unspecified atom stereocenters. The molecule has 0 amide bonds. The van der Waals surface area contributed by atoms with Crippen LogP contribution in [0.1, 0.15) is 11.7 Å². The van der Waals surface area contributed by atoms with Gasteiger partial charge in [0.15, 0.2) is 11.3 Å². The van der Waals surface area contributed by atoms with Gasteiger partial charge >= 0.3 is 11.6 Å². The summed E-state index contributed by atoms with van der Waals surface area (Å²) in [6.07, 6.45) is 0. The molecule has 1 heterocycles. The Hall–Kier alpha value is -2.28. The number of nitroso groups, excluding NO2 is 1. The van der Waals surface area contributed by atoms with Crippen molar-refractivity contribution in [2.45, 2.75) is 6.04 Å². The van der Waals surface area contributed by atoms with E-state index in [1.54, 1.807) is 0 Å². The minimum absolute atomic E-state index is 0.188. The topological polar surface area (TPSA) is 98.8 Å². The Morgan fingerprint density at radius 1 is 1.53 bits per heavy atom. The maximum absolute atomic E-state index is 11.7. The van der Waals surface area contributed by atoms with Crippen LogP contribution in [0.5, 0.6) is 0 Å². The first-order chi connectivity index (χ1) is 9.06. The molecule has 0 saturated heterocycles. The number of carbonyl (C=O) groups is 1. The van der Waals surface area contributed by atoms with E-state index >= 15 is 0 Å². The number of aromatic nitrogens is 1. The molecule has 0 aliphatic carbocycles. The Kier molecular flexibility index (Phi) is 3.57. The van der Waals surface area contributed by atoms with Gasteiger partial charge in [0.25, 0.3) is 0 Å². The molecule has 98 valence electrons. The summed E-state index contributed by atoms with van der Waals surface area (Å²) in [6.45, 7) is 0. The molecule has 0 aliphatic rings. The van der Waals surface area contributed by atoms with Crippen LogP contribution >= 0.6 is 11.6 Å². The van der Waals surface area contributed by atoms with Gasteiger partial charge in [0, 0.05) is 5.02 Å². The Balaban J connectivity index is 2.66. The Morgan fingerprint density at radius 2 is 2.26 bits per heavy atom. The monoisotopic (exact) mass is 282 g/mol. The quantitative estimate of drug-likeness (QED) is 0.629. The molecule has 0 spiro atoms. The first kappa shape index (κ1) is 13.2. The van der Waals surface area contributed by atoms with Crippen LogP contribution in [0, 0.1) is 4.91 Å². The fraction of sp³-hybridized carbons (Fsp3) is 0.182. The Bertz CT molecular complexity index is 712. The van der Waals surface area contributed by atoms with Crippen molar-refractivity contribution in [3.05, 3.63) is 44.2 Å².